The molecule has 0 aliphatic heterocycles. The van der Waals surface area contributed by atoms with Gasteiger partial charge >= 0.3 is 0 Å². The normalized spacial score (nSPS) is 20.8. The average Bonchev–Trinajstić information content (AvgIpc) is 2.45. The van der Waals surface area contributed by atoms with Crippen molar-refractivity contribution in [2.24, 2.45) is 5.92 Å². The van der Waals surface area contributed by atoms with Gasteiger partial charge in [-0.2, -0.15) is 0 Å². The molecule has 0 spiro atoms. The van der Waals surface area contributed by atoms with Gasteiger partial charge in [-0.25, -0.2) is 0 Å². The zero-order chi connectivity index (χ0) is 15.5. The lowest BCUT2D eigenvalue weighted by molar-refractivity contribution is -0.120. The number of Topliss-reactive ketones (excluding diaryl/α,β-unsaturated/α-hetero) is 1. The molecule has 2 nitrogen and oxygen atoms in total. The van der Waals surface area contributed by atoms with Crippen molar-refractivity contribution < 1.29 is 9.22 Å². The lowest BCUT2D eigenvalue weighted by Gasteiger charge is -2.31. The molecule has 0 saturated carbocycles. The van der Waals surface area contributed by atoms with E-state index in [1.807, 2.05) is 6.07 Å². The molecule has 1 aromatic carbocycles. The van der Waals surface area contributed by atoms with E-state index < -0.39 is 8.32 Å². The number of carbonyl (C=O) groups is 1. The molecule has 1 aliphatic rings. The van der Waals surface area contributed by atoms with E-state index in [0.717, 1.165) is 19.3 Å². The van der Waals surface area contributed by atoms with Crippen LogP contribution in [0.2, 0.25) is 19.6 Å². The maximum Gasteiger partial charge on any atom is 0.185 e. The number of ketones is 1. The molecule has 0 unspecified atom stereocenters. The lowest BCUT2D eigenvalue weighted by Crippen LogP contribution is -2.29. The van der Waals surface area contributed by atoms with E-state index in [-0.39, 0.29) is 12.0 Å². The van der Waals surface area contributed by atoms with Gasteiger partial charge in [0.1, 0.15) is 5.78 Å². The first kappa shape index (κ1) is 16.2. The summed E-state index contributed by atoms with van der Waals surface area (Å²) >= 11 is 0. The Balaban J connectivity index is 2.23. The molecule has 0 aromatic heterocycles. The molecule has 2 atom stereocenters. The zero-order valence-electron chi connectivity index (χ0n) is 13.6. The van der Waals surface area contributed by atoms with Crippen LogP contribution in [-0.4, -0.2) is 14.1 Å². The van der Waals surface area contributed by atoms with E-state index in [9.17, 15) is 4.79 Å². The molecular weight excluding hydrogens is 276 g/mol. The van der Waals surface area contributed by atoms with Gasteiger partial charge in [-0.15, -0.1) is 0 Å². The molecule has 0 amide bonds. The van der Waals surface area contributed by atoms with Gasteiger partial charge in [0.2, 0.25) is 0 Å². The Morgan fingerprint density at radius 1 is 1.24 bits per heavy atom. The zero-order valence-corrected chi connectivity index (χ0v) is 14.6. The highest BCUT2D eigenvalue weighted by Crippen LogP contribution is 2.36. The Morgan fingerprint density at radius 3 is 2.38 bits per heavy atom. The number of rotatable bonds is 5. The standard InChI is InChI=1S/C18H26O2Si/c1-14(19)15-10-12-17(13-11-15)18(20-21(2,3)4)16-8-6-5-7-9-16/h5-9,12,15,18H,10-11,13H2,1-4H3/t15-,18-/m0/s1. The van der Waals surface area contributed by atoms with Gasteiger partial charge in [-0.05, 0) is 57.0 Å². The Hall–Kier alpha value is -1.19. The van der Waals surface area contributed by atoms with E-state index in [2.05, 4.69) is 50.0 Å². The molecule has 114 valence electrons. The summed E-state index contributed by atoms with van der Waals surface area (Å²) in [5, 5.41) is 0. The van der Waals surface area contributed by atoms with Crippen LogP contribution in [0.3, 0.4) is 0 Å². The maximum absolute atomic E-state index is 11.5. The second kappa shape index (κ2) is 6.71. The summed E-state index contributed by atoms with van der Waals surface area (Å²) < 4.78 is 6.44. The Labute approximate surface area is 129 Å². The molecule has 0 radical (unpaired) electrons. The summed E-state index contributed by atoms with van der Waals surface area (Å²) in [4.78, 5) is 11.5. The Bertz CT molecular complexity index is 514. The molecule has 3 heteroatoms. The van der Waals surface area contributed by atoms with E-state index in [0.29, 0.717) is 5.78 Å². The first-order chi connectivity index (χ1) is 9.87. The molecule has 1 aromatic rings. The van der Waals surface area contributed by atoms with Crippen molar-refractivity contribution in [3.8, 4) is 0 Å². The fraction of sp³-hybridized carbons (Fsp3) is 0.500. The molecule has 0 saturated heterocycles. The highest BCUT2D eigenvalue weighted by Gasteiger charge is 2.28. The first-order valence-electron chi connectivity index (χ1n) is 7.79. The first-order valence-corrected chi connectivity index (χ1v) is 11.2. The molecule has 0 fully saturated rings. The van der Waals surface area contributed by atoms with Crippen molar-refractivity contribution in [3.05, 3.63) is 47.5 Å². The lowest BCUT2D eigenvalue weighted by atomic mass is 9.84. The number of hydrogen-bond donors (Lipinski definition) is 0. The van der Waals surface area contributed by atoms with Crippen molar-refractivity contribution in [3.63, 3.8) is 0 Å². The smallest absolute Gasteiger partial charge is 0.185 e. The third-order valence-electron chi connectivity index (χ3n) is 3.93. The third kappa shape index (κ3) is 4.65. The van der Waals surface area contributed by atoms with Gasteiger partial charge in [0, 0.05) is 5.92 Å². The SMILES string of the molecule is CC(=O)[C@H]1CC=C([C@@H](O[Si](C)(C)C)c2ccccc2)CC1. The van der Waals surface area contributed by atoms with Crippen LogP contribution in [0.15, 0.2) is 42.0 Å². The number of carbonyl (C=O) groups excluding carboxylic acids is 1. The minimum Gasteiger partial charge on any atom is -0.407 e. The van der Waals surface area contributed by atoms with E-state index in [1.165, 1.54) is 11.1 Å². The summed E-state index contributed by atoms with van der Waals surface area (Å²) in [6.07, 6.45) is 5.09. The van der Waals surface area contributed by atoms with Crippen LogP contribution in [-0.2, 0) is 9.22 Å². The van der Waals surface area contributed by atoms with Gasteiger partial charge in [-0.3, -0.25) is 4.79 Å². The number of allylic oxidation sites excluding steroid dienone is 1. The highest BCUT2D eigenvalue weighted by atomic mass is 28.4. The minimum atomic E-state index is -1.63. The molecular formula is C18H26O2Si. The molecule has 0 heterocycles. The summed E-state index contributed by atoms with van der Waals surface area (Å²) in [7, 11) is -1.63. The van der Waals surface area contributed by atoms with Gasteiger partial charge in [0.25, 0.3) is 0 Å². The molecule has 0 N–H and O–H groups in total. The second-order valence-electron chi connectivity index (χ2n) is 6.88. The van der Waals surface area contributed by atoms with Crippen LogP contribution in [0.5, 0.6) is 0 Å². The summed E-state index contributed by atoms with van der Waals surface area (Å²) in [6, 6.07) is 10.5. The Kier molecular flexibility index (Phi) is 5.17. The molecule has 1 aliphatic carbocycles. The van der Waals surface area contributed by atoms with E-state index in [4.69, 9.17) is 4.43 Å². The van der Waals surface area contributed by atoms with Crippen LogP contribution >= 0.6 is 0 Å². The minimum absolute atomic E-state index is 0.0609. The molecule has 0 bridgehead atoms. The van der Waals surface area contributed by atoms with Crippen molar-refractivity contribution in [1.82, 2.24) is 0 Å². The third-order valence-corrected chi connectivity index (χ3v) is 4.87. The fourth-order valence-corrected chi connectivity index (χ4v) is 3.80. The quantitative estimate of drug-likeness (QED) is 0.571. The van der Waals surface area contributed by atoms with Gasteiger partial charge in [0.05, 0.1) is 6.10 Å². The second-order valence-corrected chi connectivity index (χ2v) is 11.3. The van der Waals surface area contributed by atoms with Gasteiger partial charge in [0.15, 0.2) is 8.32 Å². The van der Waals surface area contributed by atoms with Crippen molar-refractivity contribution in [2.75, 3.05) is 0 Å². The predicted octanol–water partition coefficient (Wildman–Crippen LogP) is 4.89. The van der Waals surface area contributed by atoms with E-state index >= 15 is 0 Å². The maximum atomic E-state index is 11.5. The van der Waals surface area contributed by atoms with Crippen LogP contribution < -0.4 is 0 Å². The molecule has 21 heavy (non-hydrogen) atoms. The summed E-state index contributed by atoms with van der Waals surface area (Å²) in [5.41, 5.74) is 2.58. The van der Waals surface area contributed by atoms with Crippen molar-refractivity contribution >= 4 is 14.1 Å². The summed E-state index contributed by atoms with van der Waals surface area (Å²) in [5.74, 6) is 0.518. The van der Waals surface area contributed by atoms with Crippen LogP contribution in [0.1, 0.15) is 37.9 Å². The number of hydrogen-bond acceptors (Lipinski definition) is 2. The van der Waals surface area contributed by atoms with Gasteiger partial charge < -0.3 is 4.43 Å². The van der Waals surface area contributed by atoms with Crippen LogP contribution in [0.4, 0.5) is 0 Å². The Morgan fingerprint density at radius 2 is 1.90 bits per heavy atom. The highest BCUT2D eigenvalue weighted by molar-refractivity contribution is 6.69. The largest absolute Gasteiger partial charge is 0.407 e. The van der Waals surface area contributed by atoms with Crippen molar-refractivity contribution in [2.45, 2.75) is 51.9 Å². The summed E-state index contributed by atoms with van der Waals surface area (Å²) in [6.45, 7) is 8.39. The van der Waals surface area contributed by atoms with Gasteiger partial charge in [-0.1, -0.05) is 36.4 Å². The number of benzene rings is 1. The topological polar surface area (TPSA) is 26.3 Å². The average molecular weight is 302 g/mol. The molecule has 2 rings (SSSR count). The van der Waals surface area contributed by atoms with E-state index in [1.54, 1.807) is 6.92 Å². The monoisotopic (exact) mass is 302 g/mol. The fourth-order valence-electron chi connectivity index (χ4n) is 2.80. The predicted molar refractivity (Wildman–Crippen MR) is 89.7 cm³/mol. The van der Waals surface area contributed by atoms with Crippen LogP contribution in [0.25, 0.3) is 0 Å². The van der Waals surface area contributed by atoms with Crippen LogP contribution in [0, 0.1) is 5.92 Å². The van der Waals surface area contributed by atoms with Crippen molar-refractivity contribution in [1.29, 1.82) is 0 Å².